The van der Waals surface area contributed by atoms with Crippen molar-refractivity contribution in [3.63, 3.8) is 0 Å². The summed E-state index contributed by atoms with van der Waals surface area (Å²) in [6.45, 7) is 2.04. The van der Waals surface area contributed by atoms with Crippen LogP contribution in [-0.4, -0.2) is 12.9 Å². The van der Waals surface area contributed by atoms with Crippen LogP contribution in [0.25, 0.3) is 0 Å². The first-order valence-corrected chi connectivity index (χ1v) is 4.74. The summed E-state index contributed by atoms with van der Waals surface area (Å²) < 4.78 is 0. The molecular weight excluding hydrogens is 174 g/mol. The van der Waals surface area contributed by atoms with Crippen molar-refractivity contribution < 1.29 is 0 Å². The fraction of sp³-hybridized carbons (Fsp3) is 0.364. The Labute approximate surface area is 84.0 Å². The van der Waals surface area contributed by atoms with Crippen LogP contribution in [0.5, 0.6) is 0 Å². The van der Waals surface area contributed by atoms with E-state index in [-0.39, 0.29) is 5.54 Å². The largest absolute Gasteiger partial charge is 0.344 e. The molecule has 0 saturated carbocycles. The molecule has 0 amide bonds. The van der Waals surface area contributed by atoms with E-state index in [9.17, 15) is 0 Å². The smallest absolute Gasteiger partial charge is 0.102 e. The Hall–Kier alpha value is -1.35. The number of amidine groups is 1. The van der Waals surface area contributed by atoms with Crippen LogP contribution in [0.15, 0.2) is 29.3 Å². The second kappa shape index (κ2) is 3.10. The molecule has 0 spiro atoms. The molecule has 2 rings (SSSR count). The monoisotopic (exact) mass is 189 g/mol. The van der Waals surface area contributed by atoms with Crippen molar-refractivity contribution in [3.05, 3.63) is 29.8 Å². The highest BCUT2D eigenvalue weighted by Gasteiger charge is 2.30. The number of fused-ring (bicyclic) bond motifs is 1. The van der Waals surface area contributed by atoms with E-state index in [2.05, 4.69) is 16.4 Å². The number of nitrogens with one attached hydrogen (secondary N) is 1. The van der Waals surface area contributed by atoms with Crippen molar-refractivity contribution in [1.82, 2.24) is 0 Å². The fourth-order valence-electron chi connectivity index (χ4n) is 1.87. The first-order chi connectivity index (χ1) is 6.63. The summed E-state index contributed by atoms with van der Waals surface area (Å²) in [5.41, 5.74) is 8.16. The molecule has 1 aromatic carbocycles. The van der Waals surface area contributed by atoms with Gasteiger partial charge in [0, 0.05) is 24.7 Å². The zero-order valence-electron chi connectivity index (χ0n) is 8.54. The number of hydrogen-bond acceptors (Lipinski definition) is 2. The molecule has 1 heterocycles. The van der Waals surface area contributed by atoms with Gasteiger partial charge in [0.15, 0.2) is 0 Å². The Morgan fingerprint density at radius 1 is 1.43 bits per heavy atom. The zero-order chi connectivity index (χ0) is 10.2. The molecule has 3 N–H and O–H groups in total. The van der Waals surface area contributed by atoms with E-state index in [4.69, 9.17) is 5.73 Å². The lowest BCUT2D eigenvalue weighted by Gasteiger charge is -2.33. The second-order valence-electron chi connectivity index (χ2n) is 3.94. The first-order valence-electron chi connectivity index (χ1n) is 4.74. The van der Waals surface area contributed by atoms with Gasteiger partial charge >= 0.3 is 0 Å². The van der Waals surface area contributed by atoms with Crippen LogP contribution >= 0.6 is 0 Å². The van der Waals surface area contributed by atoms with Crippen molar-refractivity contribution in [2.24, 2.45) is 10.7 Å². The second-order valence-corrected chi connectivity index (χ2v) is 3.94. The number of rotatable bonds is 0. The lowest BCUT2D eigenvalue weighted by atomic mass is 9.85. The van der Waals surface area contributed by atoms with Gasteiger partial charge in [-0.25, -0.2) is 0 Å². The van der Waals surface area contributed by atoms with E-state index in [1.165, 1.54) is 0 Å². The van der Waals surface area contributed by atoms with E-state index in [1.807, 2.05) is 25.1 Å². The van der Waals surface area contributed by atoms with Gasteiger partial charge in [-0.15, -0.1) is 0 Å². The molecule has 0 aliphatic carbocycles. The van der Waals surface area contributed by atoms with Crippen molar-refractivity contribution >= 4 is 11.5 Å². The molecule has 0 radical (unpaired) electrons. The summed E-state index contributed by atoms with van der Waals surface area (Å²) in [4.78, 5) is 4.17. The van der Waals surface area contributed by atoms with Gasteiger partial charge in [-0.3, -0.25) is 4.99 Å². The van der Waals surface area contributed by atoms with Gasteiger partial charge in [0.2, 0.25) is 0 Å². The average Bonchev–Trinajstić information content (AvgIpc) is 2.17. The molecule has 14 heavy (non-hydrogen) atoms. The van der Waals surface area contributed by atoms with E-state index < -0.39 is 0 Å². The lowest BCUT2D eigenvalue weighted by Crippen LogP contribution is -2.41. The Morgan fingerprint density at radius 2 is 2.14 bits per heavy atom. The first kappa shape index (κ1) is 9.21. The summed E-state index contributed by atoms with van der Waals surface area (Å²) in [7, 11) is 1.78. The summed E-state index contributed by atoms with van der Waals surface area (Å²) in [6, 6.07) is 8.11. The summed E-state index contributed by atoms with van der Waals surface area (Å²) in [6.07, 6.45) is 0.764. The molecule has 3 nitrogen and oxygen atoms in total. The summed E-state index contributed by atoms with van der Waals surface area (Å²) >= 11 is 0. The quantitative estimate of drug-likeness (QED) is 0.652. The van der Waals surface area contributed by atoms with E-state index >= 15 is 0 Å². The lowest BCUT2D eigenvalue weighted by molar-refractivity contribution is 0.511. The molecule has 0 aromatic heterocycles. The highest BCUT2D eigenvalue weighted by Crippen LogP contribution is 2.33. The number of para-hydroxylation sites is 1. The van der Waals surface area contributed by atoms with Crippen LogP contribution in [0, 0.1) is 0 Å². The Morgan fingerprint density at radius 3 is 2.86 bits per heavy atom. The van der Waals surface area contributed by atoms with Crippen molar-refractivity contribution in [2.75, 3.05) is 12.4 Å². The van der Waals surface area contributed by atoms with E-state index in [0.717, 1.165) is 23.5 Å². The number of anilines is 1. The molecule has 1 aromatic rings. The normalized spacial score (nSPS) is 28.4. The third-order valence-corrected chi connectivity index (χ3v) is 2.63. The van der Waals surface area contributed by atoms with Gasteiger partial charge in [0.1, 0.15) is 5.84 Å². The number of aliphatic imine (C=N–C) groups is 1. The third kappa shape index (κ3) is 1.40. The maximum atomic E-state index is 6.23. The molecular formula is C11H15N3. The Balaban J connectivity index is 2.52. The van der Waals surface area contributed by atoms with Crippen LogP contribution in [0.3, 0.4) is 0 Å². The van der Waals surface area contributed by atoms with Crippen molar-refractivity contribution in [3.8, 4) is 0 Å². The highest BCUT2D eigenvalue weighted by atomic mass is 15.0. The van der Waals surface area contributed by atoms with Gasteiger partial charge in [-0.1, -0.05) is 18.2 Å². The van der Waals surface area contributed by atoms with Crippen LogP contribution < -0.4 is 11.1 Å². The maximum absolute atomic E-state index is 6.23. The number of nitrogens with two attached hydrogens (primary N) is 1. The van der Waals surface area contributed by atoms with Crippen molar-refractivity contribution in [1.29, 1.82) is 0 Å². The van der Waals surface area contributed by atoms with Crippen LogP contribution in [0.2, 0.25) is 0 Å². The number of nitrogens with zero attached hydrogens (tertiary/aromatic N) is 1. The number of benzene rings is 1. The van der Waals surface area contributed by atoms with E-state index in [0.29, 0.717) is 0 Å². The molecule has 1 unspecified atom stereocenters. The molecule has 0 bridgehead atoms. The standard InChI is InChI=1S/C11H15N3/c1-11(12)7-10(13-2)14-9-6-4-3-5-8(9)11/h3-6H,7,12H2,1-2H3,(H,13,14). The molecule has 1 aliphatic heterocycles. The molecule has 74 valence electrons. The van der Waals surface area contributed by atoms with Gasteiger partial charge in [0.25, 0.3) is 0 Å². The van der Waals surface area contributed by atoms with Gasteiger partial charge in [-0.2, -0.15) is 0 Å². The fourth-order valence-corrected chi connectivity index (χ4v) is 1.87. The van der Waals surface area contributed by atoms with Gasteiger partial charge < -0.3 is 11.1 Å². The van der Waals surface area contributed by atoms with Gasteiger partial charge in [0.05, 0.1) is 0 Å². The molecule has 3 heteroatoms. The number of hydrogen-bond donors (Lipinski definition) is 2. The third-order valence-electron chi connectivity index (χ3n) is 2.63. The summed E-state index contributed by atoms with van der Waals surface area (Å²) in [5.74, 6) is 0.953. The molecule has 0 fully saturated rings. The minimum absolute atomic E-state index is 0.309. The molecule has 1 atom stereocenters. The molecule has 0 saturated heterocycles. The Bertz CT molecular complexity index is 380. The van der Waals surface area contributed by atoms with Crippen LogP contribution in [-0.2, 0) is 5.54 Å². The highest BCUT2D eigenvalue weighted by molar-refractivity contribution is 5.99. The predicted molar refractivity (Wildman–Crippen MR) is 59.6 cm³/mol. The molecule has 1 aliphatic rings. The minimum atomic E-state index is -0.309. The maximum Gasteiger partial charge on any atom is 0.102 e. The van der Waals surface area contributed by atoms with E-state index in [1.54, 1.807) is 7.05 Å². The van der Waals surface area contributed by atoms with Crippen LogP contribution in [0.1, 0.15) is 18.9 Å². The zero-order valence-corrected chi connectivity index (χ0v) is 8.54. The van der Waals surface area contributed by atoms with Crippen LogP contribution in [0.4, 0.5) is 5.69 Å². The SMILES string of the molecule is CN=C1CC(C)(N)c2ccccc2N1. The van der Waals surface area contributed by atoms with Crippen molar-refractivity contribution in [2.45, 2.75) is 18.9 Å². The summed E-state index contributed by atoms with van der Waals surface area (Å²) in [5, 5.41) is 3.27. The topological polar surface area (TPSA) is 50.4 Å². The predicted octanol–water partition coefficient (Wildman–Crippen LogP) is 1.70. The average molecular weight is 189 g/mol. The minimum Gasteiger partial charge on any atom is -0.344 e. The Kier molecular flexibility index (Phi) is 2.04. The van der Waals surface area contributed by atoms with Gasteiger partial charge in [-0.05, 0) is 18.6 Å².